The van der Waals surface area contributed by atoms with Crippen LogP contribution in [0.25, 0.3) is 0 Å². The number of esters is 1. The Balaban J connectivity index is 2.46. The summed E-state index contributed by atoms with van der Waals surface area (Å²) in [7, 11) is 0. The first-order chi connectivity index (χ1) is 8.90. The molecule has 1 N–H and O–H groups in total. The monoisotopic (exact) mass is 602 g/mol. The fraction of sp³-hybridized carbons (Fsp3) is 0.417. The molecule has 1 unspecified atom stereocenters. The quantitative estimate of drug-likeness (QED) is 0.309. The summed E-state index contributed by atoms with van der Waals surface area (Å²) < 4.78 is 13.6. The first-order valence-electron chi connectivity index (χ1n) is 5.49. The van der Waals surface area contributed by atoms with Gasteiger partial charge in [0.05, 0.1) is 16.3 Å². The molecular formula is C12H13I3O4. The lowest BCUT2D eigenvalue weighted by Crippen LogP contribution is -2.20. The van der Waals surface area contributed by atoms with Crippen LogP contribution in [-0.2, 0) is 9.53 Å². The summed E-state index contributed by atoms with van der Waals surface area (Å²) in [5, 5.41) is 9.73. The van der Waals surface area contributed by atoms with Crippen LogP contribution >= 0.6 is 67.8 Å². The lowest BCUT2D eigenvalue weighted by atomic mass is 10.3. The normalized spacial score (nSPS) is 12.1. The first-order valence-corrected chi connectivity index (χ1v) is 8.72. The van der Waals surface area contributed by atoms with Gasteiger partial charge in [0.25, 0.3) is 0 Å². The van der Waals surface area contributed by atoms with Gasteiger partial charge >= 0.3 is 5.97 Å². The third kappa shape index (κ3) is 6.76. The van der Waals surface area contributed by atoms with E-state index in [2.05, 4.69) is 73.8 Å². The molecule has 19 heavy (non-hydrogen) atoms. The fourth-order valence-corrected chi connectivity index (χ4v) is 3.50. The zero-order valence-corrected chi connectivity index (χ0v) is 16.6. The highest BCUT2D eigenvalue weighted by Crippen LogP contribution is 2.28. The van der Waals surface area contributed by atoms with Gasteiger partial charge in [-0.3, -0.25) is 4.79 Å². The number of carbonyl (C=O) groups excluding carboxylic acids is 1. The summed E-state index contributed by atoms with van der Waals surface area (Å²) in [5.41, 5.74) is 0. The first kappa shape index (κ1) is 17.7. The molecule has 4 nitrogen and oxygen atoms in total. The molecule has 0 aliphatic carbocycles. The number of hydrogen-bond acceptors (Lipinski definition) is 4. The van der Waals surface area contributed by atoms with E-state index in [0.29, 0.717) is 6.42 Å². The highest BCUT2D eigenvalue weighted by Gasteiger charge is 2.10. The van der Waals surface area contributed by atoms with E-state index in [0.717, 1.165) is 16.5 Å². The van der Waals surface area contributed by atoms with Gasteiger partial charge in [0, 0.05) is 20.5 Å². The van der Waals surface area contributed by atoms with E-state index in [1.165, 1.54) is 6.92 Å². The molecule has 0 bridgehead atoms. The molecule has 1 aromatic rings. The third-order valence-electron chi connectivity index (χ3n) is 2.15. The average Bonchev–Trinajstić information content (AvgIpc) is 2.31. The lowest BCUT2D eigenvalue weighted by molar-refractivity contribution is -0.141. The lowest BCUT2D eigenvalue weighted by Gasteiger charge is -2.14. The zero-order chi connectivity index (χ0) is 14.4. The van der Waals surface area contributed by atoms with Gasteiger partial charge in [0.1, 0.15) is 12.4 Å². The van der Waals surface area contributed by atoms with Crippen molar-refractivity contribution in [3.8, 4) is 5.75 Å². The zero-order valence-electron chi connectivity index (χ0n) is 10.2. The van der Waals surface area contributed by atoms with E-state index in [-0.39, 0.29) is 19.2 Å². The SMILES string of the molecule is CC(=O)OCCC(O)COc1cc(I)cc(I)c1I. The number of aliphatic hydroxyl groups is 1. The van der Waals surface area contributed by atoms with Crippen LogP contribution in [0.15, 0.2) is 12.1 Å². The molecule has 0 aliphatic heterocycles. The molecule has 1 rings (SSSR count). The van der Waals surface area contributed by atoms with Crippen LogP contribution in [0.1, 0.15) is 13.3 Å². The molecule has 1 atom stereocenters. The van der Waals surface area contributed by atoms with Crippen LogP contribution in [-0.4, -0.2) is 30.4 Å². The Morgan fingerprint density at radius 3 is 2.68 bits per heavy atom. The Morgan fingerprint density at radius 2 is 2.05 bits per heavy atom. The Kier molecular flexibility index (Phi) is 8.21. The summed E-state index contributed by atoms with van der Waals surface area (Å²) >= 11 is 6.70. The number of ether oxygens (including phenoxy) is 2. The molecule has 0 saturated carbocycles. The number of hydrogen-bond donors (Lipinski definition) is 1. The van der Waals surface area contributed by atoms with E-state index in [1.807, 2.05) is 6.07 Å². The van der Waals surface area contributed by atoms with Gasteiger partial charge in [0.15, 0.2) is 0 Å². The summed E-state index contributed by atoms with van der Waals surface area (Å²) in [5.74, 6) is 0.429. The molecule has 0 aliphatic rings. The number of carbonyl (C=O) groups is 1. The highest BCUT2D eigenvalue weighted by atomic mass is 127. The molecule has 0 aromatic heterocycles. The summed E-state index contributed by atoms with van der Waals surface area (Å²) in [6.07, 6.45) is -0.275. The molecule has 0 radical (unpaired) electrons. The Morgan fingerprint density at radius 1 is 1.37 bits per heavy atom. The Labute approximate surface area is 153 Å². The van der Waals surface area contributed by atoms with Gasteiger partial charge in [-0.25, -0.2) is 0 Å². The van der Waals surface area contributed by atoms with Crippen molar-refractivity contribution in [2.24, 2.45) is 0 Å². The molecule has 0 heterocycles. The van der Waals surface area contributed by atoms with Crippen molar-refractivity contribution < 1.29 is 19.4 Å². The topological polar surface area (TPSA) is 55.8 Å². The second kappa shape index (κ2) is 8.82. The minimum absolute atomic E-state index is 0.188. The number of benzene rings is 1. The summed E-state index contributed by atoms with van der Waals surface area (Å²) in [6.45, 7) is 1.74. The van der Waals surface area contributed by atoms with Gasteiger partial charge in [-0.2, -0.15) is 0 Å². The summed E-state index contributed by atoms with van der Waals surface area (Å²) in [4.78, 5) is 10.6. The molecule has 7 heteroatoms. The largest absolute Gasteiger partial charge is 0.490 e. The van der Waals surface area contributed by atoms with E-state index < -0.39 is 6.10 Å². The summed E-state index contributed by atoms with van der Waals surface area (Å²) in [6, 6.07) is 4.00. The van der Waals surface area contributed by atoms with E-state index >= 15 is 0 Å². The number of aliphatic hydroxyl groups excluding tert-OH is 1. The smallest absolute Gasteiger partial charge is 0.302 e. The minimum atomic E-state index is -0.648. The van der Waals surface area contributed by atoms with Crippen LogP contribution in [0.5, 0.6) is 5.75 Å². The number of rotatable bonds is 6. The van der Waals surface area contributed by atoms with Crippen molar-refractivity contribution in [1.29, 1.82) is 0 Å². The second-order valence-electron chi connectivity index (χ2n) is 3.79. The van der Waals surface area contributed by atoms with Crippen molar-refractivity contribution in [2.75, 3.05) is 13.2 Å². The molecule has 0 amide bonds. The van der Waals surface area contributed by atoms with E-state index in [4.69, 9.17) is 9.47 Å². The van der Waals surface area contributed by atoms with Crippen molar-refractivity contribution in [3.63, 3.8) is 0 Å². The maximum atomic E-state index is 10.6. The molecular weight excluding hydrogens is 589 g/mol. The molecule has 0 saturated heterocycles. The van der Waals surface area contributed by atoms with Crippen molar-refractivity contribution in [3.05, 3.63) is 22.8 Å². The molecule has 0 spiro atoms. The number of halogens is 3. The second-order valence-corrected chi connectivity index (χ2v) is 7.28. The Hall–Kier alpha value is 0.640. The van der Waals surface area contributed by atoms with Gasteiger partial charge < -0.3 is 14.6 Å². The van der Waals surface area contributed by atoms with Gasteiger partial charge in [-0.1, -0.05) is 0 Å². The van der Waals surface area contributed by atoms with E-state index in [1.54, 1.807) is 0 Å². The fourth-order valence-electron chi connectivity index (χ4n) is 1.25. The highest BCUT2D eigenvalue weighted by molar-refractivity contribution is 14.1. The third-order valence-corrected chi connectivity index (χ3v) is 5.77. The van der Waals surface area contributed by atoms with Crippen molar-refractivity contribution >= 4 is 73.7 Å². The van der Waals surface area contributed by atoms with Crippen LogP contribution < -0.4 is 4.74 Å². The maximum Gasteiger partial charge on any atom is 0.302 e. The predicted octanol–water partition coefficient (Wildman–Crippen LogP) is 3.19. The predicted molar refractivity (Wildman–Crippen MR) is 97.3 cm³/mol. The van der Waals surface area contributed by atoms with Gasteiger partial charge in [0.2, 0.25) is 0 Å². The standard InChI is InChI=1S/C12H13I3O4/c1-7(16)18-3-2-9(17)6-19-11-5-8(13)4-10(14)12(11)15/h4-5,9,17H,2-3,6H2,1H3. The molecule has 0 fully saturated rings. The van der Waals surface area contributed by atoms with Crippen LogP contribution in [0.2, 0.25) is 0 Å². The van der Waals surface area contributed by atoms with Gasteiger partial charge in [-0.15, -0.1) is 0 Å². The average molecular weight is 602 g/mol. The van der Waals surface area contributed by atoms with E-state index in [9.17, 15) is 9.90 Å². The van der Waals surface area contributed by atoms with Crippen molar-refractivity contribution in [2.45, 2.75) is 19.4 Å². The van der Waals surface area contributed by atoms with Crippen LogP contribution in [0, 0.1) is 10.7 Å². The van der Waals surface area contributed by atoms with Crippen LogP contribution in [0.3, 0.4) is 0 Å². The van der Waals surface area contributed by atoms with Crippen molar-refractivity contribution in [1.82, 2.24) is 0 Å². The maximum absolute atomic E-state index is 10.6. The van der Waals surface area contributed by atoms with Gasteiger partial charge in [-0.05, 0) is 79.9 Å². The molecule has 1 aromatic carbocycles. The Bertz CT molecular complexity index is 451. The van der Waals surface area contributed by atoms with Crippen LogP contribution in [0.4, 0.5) is 0 Å². The molecule has 106 valence electrons. The minimum Gasteiger partial charge on any atom is -0.490 e.